The Bertz CT molecular complexity index is 362. The van der Waals surface area contributed by atoms with Crippen LogP contribution in [0.4, 0.5) is 5.69 Å². The zero-order valence-corrected chi connectivity index (χ0v) is 10.6. The van der Waals surface area contributed by atoms with Crippen LogP contribution in [0.25, 0.3) is 0 Å². The van der Waals surface area contributed by atoms with Crippen molar-refractivity contribution in [3.63, 3.8) is 0 Å². The Labute approximate surface area is 103 Å². The van der Waals surface area contributed by atoms with Gasteiger partial charge >= 0.3 is 0 Å². The highest BCUT2D eigenvalue weighted by molar-refractivity contribution is 5.55. The third-order valence-corrected chi connectivity index (χ3v) is 3.18. The topological polar surface area (TPSA) is 46.2 Å². The molecule has 1 aliphatic heterocycles. The standard InChI is InChI=1S/C13H21N3O/c1-10-7-12(13(17-2)9-15-10)16-8-11-5-3-4-6-14-11/h7,9,11,14H,3-6,8H2,1-2H3,(H,15,16). The van der Waals surface area contributed by atoms with Crippen LogP contribution in [0.5, 0.6) is 5.75 Å². The van der Waals surface area contributed by atoms with Gasteiger partial charge in [-0.3, -0.25) is 4.98 Å². The molecule has 17 heavy (non-hydrogen) atoms. The first kappa shape index (κ1) is 12.2. The summed E-state index contributed by atoms with van der Waals surface area (Å²) in [6, 6.07) is 2.60. The van der Waals surface area contributed by atoms with Gasteiger partial charge in [0.25, 0.3) is 0 Å². The van der Waals surface area contributed by atoms with Crippen LogP contribution in [-0.2, 0) is 0 Å². The van der Waals surface area contributed by atoms with Crippen LogP contribution in [0.3, 0.4) is 0 Å². The summed E-state index contributed by atoms with van der Waals surface area (Å²) in [5.41, 5.74) is 2.04. The van der Waals surface area contributed by atoms with Gasteiger partial charge in [-0.25, -0.2) is 0 Å². The van der Waals surface area contributed by atoms with E-state index in [4.69, 9.17) is 4.74 Å². The van der Waals surface area contributed by atoms with Gasteiger partial charge in [-0.1, -0.05) is 6.42 Å². The lowest BCUT2D eigenvalue weighted by Crippen LogP contribution is -2.39. The Morgan fingerprint density at radius 2 is 2.41 bits per heavy atom. The Balaban J connectivity index is 1.95. The molecule has 2 heterocycles. The van der Waals surface area contributed by atoms with Crippen LogP contribution in [-0.4, -0.2) is 31.2 Å². The smallest absolute Gasteiger partial charge is 0.160 e. The molecule has 4 heteroatoms. The molecule has 0 aromatic carbocycles. The average Bonchev–Trinajstić information content (AvgIpc) is 2.38. The Morgan fingerprint density at radius 3 is 3.12 bits per heavy atom. The normalized spacial score (nSPS) is 20.0. The number of hydrogen-bond acceptors (Lipinski definition) is 4. The van der Waals surface area contributed by atoms with E-state index in [2.05, 4.69) is 15.6 Å². The van der Waals surface area contributed by atoms with Crippen molar-refractivity contribution >= 4 is 5.69 Å². The lowest BCUT2D eigenvalue weighted by molar-refractivity contribution is 0.406. The largest absolute Gasteiger partial charge is 0.493 e. The fourth-order valence-electron chi connectivity index (χ4n) is 2.18. The number of piperidine rings is 1. The lowest BCUT2D eigenvalue weighted by Gasteiger charge is -2.24. The van der Waals surface area contributed by atoms with Gasteiger partial charge < -0.3 is 15.4 Å². The van der Waals surface area contributed by atoms with Crippen molar-refractivity contribution in [3.05, 3.63) is 18.0 Å². The molecule has 1 aromatic rings. The average molecular weight is 235 g/mol. The monoisotopic (exact) mass is 235 g/mol. The molecule has 0 radical (unpaired) electrons. The quantitative estimate of drug-likeness (QED) is 0.837. The van der Waals surface area contributed by atoms with E-state index in [0.717, 1.165) is 30.2 Å². The van der Waals surface area contributed by atoms with E-state index in [1.54, 1.807) is 13.3 Å². The van der Waals surface area contributed by atoms with Crippen molar-refractivity contribution in [2.24, 2.45) is 0 Å². The van der Waals surface area contributed by atoms with E-state index in [0.29, 0.717) is 6.04 Å². The van der Waals surface area contributed by atoms with E-state index < -0.39 is 0 Å². The van der Waals surface area contributed by atoms with Crippen molar-refractivity contribution in [1.29, 1.82) is 0 Å². The third kappa shape index (κ3) is 3.33. The molecule has 1 atom stereocenters. The molecular formula is C13H21N3O. The summed E-state index contributed by atoms with van der Waals surface area (Å²) in [4.78, 5) is 4.22. The van der Waals surface area contributed by atoms with Gasteiger partial charge in [0.15, 0.2) is 5.75 Å². The molecule has 1 saturated heterocycles. The summed E-state index contributed by atoms with van der Waals surface area (Å²) in [5.74, 6) is 0.811. The van der Waals surface area contributed by atoms with Crippen molar-refractivity contribution < 1.29 is 4.74 Å². The SMILES string of the molecule is COc1cnc(C)cc1NCC1CCCCN1. The third-order valence-electron chi connectivity index (χ3n) is 3.18. The maximum atomic E-state index is 5.29. The second-order valence-corrected chi connectivity index (χ2v) is 4.55. The molecule has 2 rings (SSSR count). The molecule has 2 N–H and O–H groups in total. The van der Waals surface area contributed by atoms with Crippen LogP contribution in [0.1, 0.15) is 25.0 Å². The predicted octanol–water partition coefficient (Wildman–Crippen LogP) is 1.95. The number of rotatable bonds is 4. The van der Waals surface area contributed by atoms with Gasteiger partial charge in [0, 0.05) is 18.3 Å². The zero-order valence-electron chi connectivity index (χ0n) is 10.6. The van der Waals surface area contributed by atoms with E-state index >= 15 is 0 Å². The first-order chi connectivity index (χ1) is 8.29. The zero-order chi connectivity index (χ0) is 12.1. The molecule has 1 aliphatic rings. The van der Waals surface area contributed by atoms with Crippen molar-refractivity contribution in [1.82, 2.24) is 10.3 Å². The highest BCUT2D eigenvalue weighted by atomic mass is 16.5. The van der Waals surface area contributed by atoms with Gasteiger partial charge in [-0.2, -0.15) is 0 Å². The van der Waals surface area contributed by atoms with Gasteiger partial charge in [0.1, 0.15) is 0 Å². The molecule has 0 saturated carbocycles. The number of aryl methyl sites for hydroxylation is 1. The molecule has 1 fully saturated rings. The fourth-order valence-corrected chi connectivity index (χ4v) is 2.18. The number of pyridine rings is 1. The van der Waals surface area contributed by atoms with E-state index in [9.17, 15) is 0 Å². The lowest BCUT2D eigenvalue weighted by atomic mass is 10.1. The number of anilines is 1. The highest BCUT2D eigenvalue weighted by Crippen LogP contribution is 2.23. The minimum absolute atomic E-state index is 0.571. The highest BCUT2D eigenvalue weighted by Gasteiger charge is 2.13. The molecule has 0 bridgehead atoms. The molecular weight excluding hydrogens is 214 g/mol. The van der Waals surface area contributed by atoms with Gasteiger partial charge in [0.2, 0.25) is 0 Å². The summed E-state index contributed by atoms with van der Waals surface area (Å²) < 4.78 is 5.29. The van der Waals surface area contributed by atoms with E-state index in [1.165, 1.54) is 19.3 Å². The molecule has 94 valence electrons. The molecule has 4 nitrogen and oxygen atoms in total. The number of nitrogens with zero attached hydrogens (tertiary/aromatic N) is 1. The maximum absolute atomic E-state index is 5.29. The van der Waals surface area contributed by atoms with Crippen molar-refractivity contribution in [2.45, 2.75) is 32.2 Å². The number of ether oxygens (including phenoxy) is 1. The minimum atomic E-state index is 0.571. The number of hydrogen-bond donors (Lipinski definition) is 2. The summed E-state index contributed by atoms with van der Waals surface area (Å²) in [6.45, 7) is 4.07. The second-order valence-electron chi connectivity index (χ2n) is 4.55. The number of methoxy groups -OCH3 is 1. The second kappa shape index (κ2) is 5.87. The van der Waals surface area contributed by atoms with Crippen LogP contribution >= 0.6 is 0 Å². The Morgan fingerprint density at radius 1 is 1.53 bits per heavy atom. The molecule has 0 amide bonds. The first-order valence-electron chi connectivity index (χ1n) is 6.27. The van der Waals surface area contributed by atoms with Crippen LogP contribution in [0, 0.1) is 6.92 Å². The molecule has 0 spiro atoms. The van der Waals surface area contributed by atoms with E-state index in [-0.39, 0.29) is 0 Å². The summed E-state index contributed by atoms with van der Waals surface area (Å²) in [5, 5.41) is 6.97. The predicted molar refractivity (Wildman–Crippen MR) is 69.7 cm³/mol. The van der Waals surface area contributed by atoms with E-state index in [1.807, 2.05) is 13.0 Å². The number of aromatic nitrogens is 1. The Kier molecular flexibility index (Phi) is 4.20. The van der Waals surface area contributed by atoms with Gasteiger partial charge in [-0.15, -0.1) is 0 Å². The molecule has 1 aromatic heterocycles. The maximum Gasteiger partial charge on any atom is 0.160 e. The summed E-state index contributed by atoms with van der Waals surface area (Å²) in [6.07, 6.45) is 5.64. The molecule has 1 unspecified atom stereocenters. The summed E-state index contributed by atoms with van der Waals surface area (Å²) in [7, 11) is 1.68. The fraction of sp³-hybridized carbons (Fsp3) is 0.615. The first-order valence-corrected chi connectivity index (χ1v) is 6.27. The van der Waals surface area contributed by atoms with Crippen molar-refractivity contribution in [2.75, 3.05) is 25.5 Å². The van der Waals surface area contributed by atoms with Gasteiger partial charge in [-0.05, 0) is 32.4 Å². The minimum Gasteiger partial charge on any atom is -0.493 e. The molecule has 0 aliphatic carbocycles. The Hall–Kier alpha value is -1.29. The van der Waals surface area contributed by atoms with Gasteiger partial charge in [0.05, 0.1) is 19.0 Å². The van der Waals surface area contributed by atoms with Crippen LogP contribution in [0.2, 0.25) is 0 Å². The number of nitrogens with one attached hydrogen (secondary N) is 2. The summed E-state index contributed by atoms with van der Waals surface area (Å²) >= 11 is 0. The van der Waals surface area contributed by atoms with Crippen LogP contribution < -0.4 is 15.4 Å². The van der Waals surface area contributed by atoms with Crippen LogP contribution in [0.15, 0.2) is 12.3 Å². The van der Waals surface area contributed by atoms with Crippen molar-refractivity contribution in [3.8, 4) is 5.75 Å².